The van der Waals surface area contributed by atoms with Crippen molar-refractivity contribution in [2.75, 3.05) is 18.0 Å². The number of fused-ring (bicyclic) bond motifs is 1. The summed E-state index contributed by atoms with van der Waals surface area (Å²) in [5.41, 5.74) is 6.62. The topological polar surface area (TPSA) is 85.3 Å². The van der Waals surface area contributed by atoms with Crippen LogP contribution in [0.25, 0.3) is 10.2 Å². The van der Waals surface area contributed by atoms with Gasteiger partial charge in [-0.1, -0.05) is 11.3 Å². The number of nitrogens with two attached hydrogens (primary N) is 1. The highest BCUT2D eigenvalue weighted by Crippen LogP contribution is 2.33. The van der Waals surface area contributed by atoms with Gasteiger partial charge in [0.25, 0.3) is 5.69 Å². The predicted octanol–water partition coefficient (Wildman–Crippen LogP) is 2.94. The zero-order valence-electron chi connectivity index (χ0n) is 11.4. The number of halogens is 1. The minimum atomic E-state index is -0.387. The van der Waals surface area contributed by atoms with Crippen LogP contribution in [0.2, 0.25) is 0 Å². The molecule has 0 saturated carbocycles. The van der Waals surface area contributed by atoms with Crippen LogP contribution < -0.4 is 10.6 Å². The van der Waals surface area contributed by atoms with E-state index in [0.29, 0.717) is 18.1 Å². The summed E-state index contributed by atoms with van der Waals surface area (Å²) in [5, 5.41) is 11.7. The average molecular weight is 329 g/mol. The lowest BCUT2D eigenvalue weighted by atomic mass is 10.0. The Morgan fingerprint density at radius 2 is 2.29 bits per heavy atom. The van der Waals surface area contributed by atoms with E-state index in [1.54, 1.807) is 17.4 Å². The zero-order valence-corrected chi connectivity index (χ0v) is 13.0. The number of nitro benzene ring substituents is 1. The zero-order chi connectivity index (χ0) is 14.1. The van der Waals surface area contributed by atoms with Crippen LogP contribution >= 0.6 is 23.7 Å². The van der Waals surface area contributed by atoms with Crippen LogP contribution in [-0.2, 0) is 0 Å². The molecule has 1 aliphatic heterocycles. The fraction of sp³-hybridized carbons (Fsp3) is 0.462. The number of aromatic nitrogens is 1. The predicted molar refractivity (Wildman–Crippen MR) is 87.6 cm³/mol. The number of rotatable bonds is 3. The largest absolute Gasteiger partial charge is 0.344 e. The maximum absolute atomic E-state index is 10.8. The van der Waals surface area contributed by atoms with Crippen molar-refractivity contribution >= 4 is 44.8 Å². The minimum absolute atomic E-state index is 0. The van der Waals surface area contributed by atoms with Gasteiger partial charge in [0.05, 0.1) is 15.1 Å². The molecule has 1 unspecified atom stereocenters. The van der Waals surface area contributed by atoms with Crippen molar-refractivity contribution in [1.82, 2.24) is 4.98 Å². The molecule has 21 heavy (non-hydrogen) atoms. The number of hydrogen-bond acceptors (Lipinski definition) is 6. The Morgan fingerprint density at radius 1 is 1.48 bits per heavy atom. The van der Waals surface area contributed by atoms with E-state index >= 15 is 0 Å². The van der Waals surface area contributed by atoms with Gasteiger partial charge in [-0.15, -0.1) is 12.4 Å². The molecular formula is C13H17ClN4O2S. The van der Waals surface area contributed by atoms with Gasteiger partial charge in [-0.3, -0.25) is 10.1 Å². The van der Waals surface area contributed by atoms with Crippen molar-refractivity contribution in [3.8, 4) is 0 Å². The summed E-state index contributed by atoms with van der Waals surface area (Å²) in [6, 6.07) is 5.17. The summed E-state index contributed by atoms with van der Waals surface area (Å²) < 4.78 is 0.979. The van der Waals surface area contributed by atoms with Crippen LogP contribution in [0.4, 0.5) is 10.8 Å². The van der Waals surface area contributed by atoms with Gasteiger partial charge in [-0.05, 0) is 25.3 Å². The smallest absolute Gasteiger partial charge is 0.271 e. The van der Waals surface area contributed by atoms with Crippen molar-refractivity contribution in [3.63, 3.8) is 0 Å². The van der Waals surface area contributed by atoms with Crippen molar-refractivity contribution in [1.29, 1.82) is 0 Å². The number of benzene rings is 1. The quantitative estimate of drug-likeness (QED) is 0.691. The molecule has 3 rings (SSSR count). The summed E-state index contributed by atoms with van der Waals surface area (Å²) in [6.07, 6.45) is 3.44. The van der Waals surface area contributed by atoms with E-state index in [1.165, 1.54) is 18.6 Å². The van der Waals surface area contributed by atoms with Crippen LogP contribution in [0.1, 0.15) is 19.3 Å². The number of hydrogen-bond donors (Lipinski definition) is 1. The molecule has 1 aliphatic rings. The highest BCUT2D eigenvalue weighted by Gasteiger charge is 2.24. The van der Waals surface area contributed by atoms with Crippen LogP contribution in [-0.4, -0.2) is 29.0 Å². The van der Waals surface area contributed by atoms with Crippen LogP contribution in [0.15, 0.2) is 18.2 Å². The van der Waals surface area contributed by atoms with E-state index in [2.05, 4.69) is 9.88 Å². The van der Waals surface area contributed by atoms with E-state index in [0.717, 1.165) is 29.2 Å². The molecule has 0 spiro atoms. The van der Waals surface area contributed by atoms with E-state index in [1.807, 2.05) is 0 Å². The second-order valence-corrected chi connectivity index (χ2v) is 5.99. The molecule has 8 heteroatoms. The number of nitrogens with zero attached hydrogens (tertiary/aromatic N) is 3. The average Bonchev–Trinajstić information content (AvgIpc) is 2.89. The normalized spacial score (nSPS) is 18.5. The fourth-order valence-corrected chi connectivity index (χ4v) is 3.68. The Hall–Kier alpha value is -1.44. The lowest BCUT2D eigenvalue weighted by Crippen LogP contribution is -2.44. The summed E-state index contributed by atoms with van der Waals surface area (Å²) in [4.78, 5) is 17.2. The third kappa shape index (κ3) is 3.09. The van der Waals surface area contributed by atoms with Crippen molar-refractivity contribution < 1.29 is 4.92 Å². The maximum Gasteiger partial charge on any atom is 0.271 e. The lowest BCUT2D eigenvalue weighted by molar-refractivity contribution is -0.384. The molecule has 1 atom stereocenters. The molecule has 0 amide bonds. The van der Waals surface area contributed by atoms with Crippen LogP contribution in [0, 0.1) is 10.1 Å². The molecule has 2 N–H and O–H groups in total. The third-order valence-corrected chi connectivity index (χ3v) is 4.79. The summed E-state index contributed by atoms with van der Waals surface area (Å²) in [7, 11) is 0. The standard InChI is InChI=1S/C13H16N4O2S.ClH/c14-8-10-3-1-2-6-16(10)13-15-11-7-9(17(18)19)4-5-12(11)20-13;/h4-5,7,10H,1-3,6,8,14H2;1H. The minimum Gasteiger partial charge on any atom is -0.344 e. The molecule has 1 saturated heterocycles. The van der Waals surface area contributed by atoms with E-state index in [-0.39, 0.29) is 23.0 Å². The summed E-state index contributed by atoms with van der Waals surface area (Å²) >= 11 is 1.58. The Kier molecular flexibility index (Phi) is 4.97. The van der Waals surface area contributed by atoms with Gasteiger partial charge in [0.15, 0.2) is 5.13 Å². The first-order chi connectivity index (χ1) is 9.69. The molecule has 1 aromatic carbocycles. The van der Waals surface area contributed by atoms with Crippen LogP contribution in [0.3, 0.4) is 0 Å². The van der Waals surface area contributed by atoms with E-state index < -0.39 is 0 Å². The molecule has 0 radical (unpaired) electrons. The number of thiazole rings is 1. The molecule has 6 nitrogen and oxygen atoms in total. The van der Waals surface area contributed by atoms with Crippen molar-refractivity contribution in [3.05, 3.63) is 28.3 Å². The van der Waals surface area contributed by atoms with Crippen molar-refractivity contribution in [2.24, 2.45) is 5.73 Å². The van der Waals surface area contributed by atoms with Crippen molar-refractivity contribution in [2.45, 2.75) is 25.3 Å². The number of non-ortho nitro benzene ring substituents is 1. The highest BCUT2D eigenvalue weighted by atomic mass is 35.5. The number of nitro groups is 1. The molecule has 2 heterocycles. The Bertz CT molecular complexity index is 648. The molecular weight excluding hydrogens is 312 g/mol. The fourth-order valence-electron chi connectivity index (χ4n) is 2.64. The third-order valence-electron chi connectivity index (χ3n) is 3.72. The van der Waals surface area contributed by atoms with E-state index in [4.69, 9.17) is 5.73 Å². The van der Waals surface area contributed by atoms with Gasteiger partial charge >= 0.3 is 0 Å². The first-order valence-electron chi connectivity index (χ1n) is 6.71. The molecule has 0 aliphatic carbocycles. The number of piperidine rings is 1. The number of anilines is 1. The van der Waals surface area contributed by atoms with Crippen LogP contribution in [0.5, 0.6) is 0 Å². The highest BCUT2D eigenvalue weighted by molar-refractivity contribution is 7.22. The molecule has 1 aromatic heterocycles. The molecule has 114 valence electrons. The second-order valence-electron chi connectivity index (χ2n) is 4.98. The maximum atomic E-state index is 10.8. The molecule has 0 bridgehead atoms. The first-order valence-corrected chi connectivity index (χ1v) is 7.52. The molecule has 2 aromatic rings. The Labute approximate surface area is 132 Å². The SMILES string of the molecule is Cl.NCC1CCCCN1c1nc2cc([N+](=O)[O-])ccc2s1. The Morgan fingerprint density at radius 3 is 3.00 bits per heavy atom. The summed E-state index contributed by atoms with van der Waals surface area (Å²) in [5.74, 6) is 0. The summed E-state index contributed by atoms with van der Waals surface area (Å²) in [6.45, 7) is 1.58. The molecule has 1 fully saturated rings. The first kappa shape index (κ1) is 15.9. The van der Waals surface area contributed by atoms with Gasteiger partial charge in [0.2, 0.25) is 0 Å². The Balaban J connectivity index is 0.00000161. The second kappa shape index (κ2) is 6.55. The van der Waals surface area contributed by atoms with Gasteiger partial charge in [-0.2, -0.15) is 0 Å². The van der Waals surface area contributed by atoms with Gasteiger partial charge < -0.3 is 10.6 Å². The monoisotopic (exact) mass is 328 g/mol. The van der Waals surface area contributed by atoms with E-state index in [9.17, 15) is 10.1 Å². The van der Waals surface area contributed by atoms with Gasteiger partial charge in [-0.25, -0.2) is 4.98 Å². The van der Waals surface area contributed by atoms with Gasteiger partial charge in [0, 0.05) is 31.3 Å². The van der Waals surface area contributed by atoms with Gasteiger partial charge in [0.1, 0.15) is 0 Å². The lowest BCUT2D eigenvalue weighted by Gasteiger charge is -2.34.